The third kappa shape index (κ3) is 4.12. The first kappa shape index (κ1) is 17.9. The molecule has 0 aromatic heterocycles. The third-order valence-corrected chi connectivity index (χ3v) is 4.70. The van der Waals surface area contributed by atoms with Gasteiger partial charge < -0.3 is 15.0 Å². The zero-order chi connectivity index (χ0) is 15.6. The summed E-state index contributed by atoms with van der Waals surface area (Å²) >= 11 is 0. The number of nitrogens with one attached hydrogen (secondary N) is 1. The Balaban J connectivity index is 0.00000192. The summed E-state index contributed by atoms with van der Waals surface area (Å²) in [6.45, 7) is 0.612. The van der Waals surface area contributed by atoms with Crippen LogP contribution in [-0.4, -0.2) is 43.6 Å². The molecule has 128 valence electrons. The fraction of sp³-hybridized carbons (Fsp3) is 0.562. The van der Waals surface area contributed by atoms with E-state index in [4.69, 9.17) is 0 Å². The predicted molar refractivity (Wildman–Crippen MR) is 85.4 cm³/mol. The molecule has 1 amide bonds. The van der Waals surface area contributed by atoms with Crippen molar-refractivity contribution in [3.05, 3.63) is 29.8 Å². The molecular formula is C16H21ClF2N2O2. The number of alkyl halides is 2. The number of rotatable bonds is 3. The average Bonchev–Trinajstić information content (AvgIpc) is 2.90. The van der Waals surface area contributed by atoms with Crippen molar-refractivity contribution in [1.29, 1.82) is 0 Å². The second-order valence-corrected chi connectivity index (χ2v) is 6.13. The van der Waals surface area contributed by atoms with Crippen LogP contribution in [0, 0.1) is 5.41 Å². The van der Waals surface area contributed by atoms with E-state index in [1.165, 1.54) is 12.1 Å². The van der Waals surface area contributed by atoms with E-state index in [1.54, 1.807) is 12.1 Å². The summed E-state index contributed by atoms with van der Waals surface area (Å²) in [7, 11) is 0. The Morgan fingerprint density at radius 1 is 1.26 bits per heavy atom. The second kappa shape index (κ2) is 7.45. The van der Waals surface area contributed by atoms with Crippen molar-refractivity contribution in [2.24, 2.45) is 5.41 Å². The van der Waals surface area contributed by atoms with Crippen LogP contribution in [0.15, 0.2) is 24.3 Å². The fourth-order valence-electron chi connectivity index (χ4n) is 3.46. The Morgan fingerprint density at radius 3 is 2.70 bits per heavy atom. The monoisotopic (exact) mass is 346 g/mol. The number of nitrogens with zero attached hydrogens (tertiary/aromatic N) is 1. The van der Waals surface area contributed by atoms with Crippen molar-refractivity contribution in [3.8, 4) is 5.75 Å². The van der Waals surface area contributed by atoms with E-state index in [0.717, 1.165) is 45.4 Å². The van der Waals surface area contributed by atoms with E-state index in [9.17, 15) is 13.6 Å². The summed E-state index contributed by atoms with van der Waals surface area (Å²) in [6, 6.07) is 6.04. The summed E-state index contributed by atoms with van der Waals surface area (Å²) in [5, 5.41) is 3.35. The lowest BCUT2D eigenvalue weighted by Gasteiger charge is -2.33. The SMILES string of the molecule is Cl.O=C(c1cccc(OC(F)F)c1)N1CCC2(CCNCC2)C1. The average molecular weight is 347 g/mol. The van der Waals surface area contributed by atoms with E-state index >= 15 is 0 Å². The molecule has 0 radical (unpaired) electrons. The van der Waals surface area contributed by atoms with Crippen molar-refractivity contribution in [2.45, 2.75) is 25.9 Å². The van der Waals surface area contributed by atoms with Gasteiger partial charge in [-0.3, -0.25) is 4.79 Å². The second-order valence-electron chi connectivity index (χ2n) is 6.13. The number of halogens is 3. The van der Waals surface area contributed by atoms with Crippen LogP contribution in [0.5, 0.6) is 5.75 Å². The van der Waals surface area contributed by atoms with Crippen LogP contribution >= 0.6 is 12.4 Å². The van der Waals surface area contributed by atoms with Crippen LogP contribution in [-0.2, 0) is 0 Å². The van der Waals surface area contributed by atoms with Gasteiger partial charge in [-0.25, -0.2) is 0 Å². The van der Waals surface area contributed by atoms with E-state index in [0.29, 0.717) is 5.56 Å². The smallest absolute Gasteiger partial charge is 0.387 e. The molecule has 0 aliphatic carbocycles. The number of hydrogen-bond acceptors (Lipinski definition) is 3. The van der Waals surface area contributed by atoms with Gasteiger partial charge in [0.2, 0.25) is 0 Å². The number of carbonyl (C=O) groups is 1. The number of ether oxygens (including phenoxy) is 1. The van der Waals surface area contributed by atoms with Crippen LogP contribution in [0.3, 0.4) is 0 Å². The summed E-state index contributed by atoms with van der Waals surface area (Å²) in [6.07, 6.45) is 3.20. The first-order chi connectivity index (χ1) is 10.6. The highest BCUT2D eigenvalue weighted by molar-refractivity contribution is 5.94. The molecule has 1 aromatic rings. The minimum Gasteiger partial charge on any atom is -0.435 e. The van der Waals surface area contributed by atoms with Gasteiger partial charge in [0.15, 0.2) is 0 Å². The standard InChI is InChI=1S/C16H20F2N2O2.ClH/c17-15(18)22-13-3-1-2-12(10-13)14(21)20-9-6-16(11-20)4-7-19-8-5-16;/h1-3,10,15,19H,4-9,11H2;1H. The van der Waals surface area contributed by atoms with Crippen LogP contribution in [0.4, 0.5) is 8.78 Å². The topological polar surface area (TPSA) is 41.6 Å². The van der Waals surface area contributed by atoms with Gasteiger partial charge >= 0.3 is 6.61 Å². The van der Waals surface area contributed by atoms with Crippen LogP contribution in [0.2, 0.25) is 0 Å². The molecule has 1 spiro atoms. The number of hydrogen-bond donors (Lipinski definition) is 1. The van der Waals surface area contributed by atoms with Gasteiger partial charge in [0.25, 0.3) is 5.91 Å². The maximum Gasteiger partial charge on any atom is 0.387 e. The van der Waals surface area contributed by atoms with Crippen molar-refractivity contribution in [2.75, 3.05) is 26.2 Å². The molecule has 2 aliphatic rings. The van der Waals surface area contributed by atoms with Gasteiger partial charge in [0, 0.05) is 18.7 Å². The predicted octanol–water partition coefficient (Wildman–Crippen LogP) is 2.93. The Hall–Kier alpha value is -1.40. The van der Waals surface area contributed by atoms with Gasteiger partial charge in [-0.15, -0.1) is 12.4 Å². The Labute approximate surface area is 140 Å². The highest BCUT2D eigenvalue weighted by atomic mass is 35.5. The fourth-order valence-corrected chi connectivity index (χ4v) is 3.46. The largest absolute Gasteiger partial charge is 0.435 e. The molecule has 2 aliphatic heterocycles. The normalized spacial score (nSPS) is 19.7. The van der Waals surface area contributed by atoms with Crippen LogP contribution < -0.4 is 10.1 Å². The molecule has 0 atom stereocenters. The molecule has 7 heteroatoms. The van der Waals surface area contributed by atoms with E-state index in [1.807, 2.05) is 4.90 Å². The molecule has 23 heavy (non-hydrogen) atoms. The molecule has 0 bridgehead atoms. The number of likely N-dealkylation sites (tertiary alicyclic amines) is 1. The first-order valence-electron chi connectivity index (χ1n) is 7.63. The van der Waals surface area contributed by atoms with Gasteiger partial charge in [-0.05, 0) is 56.0 Å². The van der Waals surface area contributed by atoms with Crippen molar-refractivity contribution >= 4 is 18.3 Å². The molecule has 1 N–H and O–H groups in total. The molecule has 1 aromatic carbocycles. The molecule has 2 heterocycles. The van der Waals surface area contributed by atoms with E-state index < -0.39 is 6.61 Å². The molecule has 4 nitrogen and oxygen atoms in total. The van der Waals surface area contributed by atoms with Gasteiger partial charge in [0.05, 0.1) is 0 Å². The van der Waals surface area contributed by atoms with E-state index in [2.05, 4.69) is 10.1 Å². The Bertz CT molecular complexity index is 551. The van der Waals surface area contributed by atoms with Crippen LogP contribution in [0.1, 0.15) is 29.6 Å². The minimum absolute atomic E-state index is 0. The summed E-state index contributed by atoms with van der Waals surface area (Å²) < 4.78 is 28.9. The summed E-state index contributed by atoms with van der Waals surface area (Å²) in [5.74, 6) is -0.0771. The number of carbonyl (C=O) groups excluding carboxylic acids is 1. The summed E-state index contributed by atoms with van der Waals surface area (Å²) in [4.78, 5) is 14.4. The van der Waals surface area contributed by atoms with E-state index in [-0.39, 0.29) is 29.5 Å². The molecule has 2 saturated heterocycles. The lowest BCUT2D eigenvalue weighted by atomic mass is 9.78. The minimum atomic E-state index is -2.88. The maximum atomic E-state index is 12.6. The Kier molecular flexibility index (Phi) is 5.81. The van der Waals surface area contributed by atoms with Crippen LogP contribution in [0.25, 0.3) is 0 Å². The maximum absolute atomic E-state index is 12.6. The molecular weight excluding hydrogens is 326 g/mol. The zero-order valence-corrected chi connectivity index (χ0v) is 13.6. The molecule has 0 saturated carbocycles. The lowest BCUT2D eigenvalue weighted by Crippen LogP contribution is -2.39. The van der Waals surface area contributed by atoms with Gasteiger partial charge in [0.1, 0.15) is 5.75 Å². The molecule has 2 fully saturated rings. The molecule has 3 rings (SSSR count). The quantitative estimate of drug-likeness (QED) is 0.915. The van der Waals surface area contributed by atoms with Crippen molar-refractivity contribution < 1.29 is 18.3 Å². The zero-order valence-electron chi connectivity index (χ0n) is 12.8. The Morgan fingerprint density at radius 2 is 2.00 bits per heavy atom. The number of benzene rings is 1. The van der Waals surface area contributed by atoms with Gasteiger partial charge in [-0.2, -0.15) is 8.78 Å². The summed E-state index contributed by atoms with van der Waals surface area (Å²) in [5.41, 5.74) is 0.641. The molecule has 0 unspecified atom stereocenters. The third-order valence-electron chi connectivity index (χ3n) is 4.70. The number of piperidine rings is 1. The highest BCUT2D eigenvalue weighted by Crippen LogP contribution is 2.39. The highest BCUT2D eigenvalue weighted by Gasteiger charge is 2.40. The first-order valence-corrected chi connectivity index (χ1v) is 7.63. The lowest BCUT2D eigenvalue weighted by molar-refractivity contribution is -0.0499. The number of amides is 1. The van der Waals surface area contributed by atoms with Gasteiger partial charge in [-0.1, -0.05) is 6.07 Å². The van der Waals surface area contributed by atoms with Crippen molar-refractivity contribution in [3.63, 3.8) is 0 Å². The van der Waals surface area contributed by atoms with Crippen molar-refractivity contribution in [1.82, 2.24) is 10.2 Å².